The van der Waals surface area contributed by atoms with Crippen molar-refractivity contribution in [2.24, 2.45) is 0 Å². The molecule has 0 aromatic heterocycles. The summed E-state index contributed by atoms with van der Waals surface area (Å²) >= 11 is 0. The number of hydrogen-bond donors (Lipinski definition) is 0. The molecular weight excluding hydrogens is 913 g/mol. The summed E-state index contributed by atoms with van der Waals surface area (Å²) in [6.45, 7) is 8.23. The number of amides is 1. The maximum absolute atomic E-state index is 13.6. The Bertz CT molecular complexity index is 1830. The molecule has 0 saturated carbocycles. The zero-order valence-electron chi connectivity index (χ0n) is 38.3. The first-order valence-electron chi connectivity index (χ1n) is 22.3. The molecule has 0 fully saturated rings. The van der Waals surface area contributed by atoms with E-state index < -0.39 is 47.2 Å². The van der Waals surface area contributed by atoms with Gasteiger partial charge in [0.2, 0.25) is 34.8 Å². The van der Waals surface area contributed by atoms with Crippen molar-refractivity contribution in [1.82, 2.24) is 4.90 Å². The number of likely N-dealkylation sites (N-methyl/N-ethyl adjacent to an activating group) is 1. The van der Waals surface area contributed by atoms with E-state index in [0.29, 0.717) is 125 Å². The van der Waals surface area contributed by atoms with Gasteiger partial charge in [-0.2, -0.15) is 8.78 Å². The molecule has 1 aliphatic rings. The first-order valence-corrected chi connectivity index (χ1v) is 22.3. The Hall–Kier alpha value is -4.39. The van der Waals surface area contributed by atoms with Crippen LogP contribution in [0.4, 0.5) is 26.7 Å². The minimum absolute atomic E-state index is 0.0177. The van der Waals surface area contributed by atoms with Crippen molar-refractivity contribution < 1.29 is 93.1 Å². The Balaban J connectivity index is 0.787. The van der Waals surface area contributed by atoms with Crippen molar-refractivity contribution in [2.45, 2.75) is 12.3 Å². The molecule has 380 valence electrons. The number of carbonyl (C=O) groups is 2. The van der Waals surface area contributed by atoms with Crippen LogP contribution in [0.5, 0.6) is 5.75 Å². The lowest BCUT2D eigenvalue weighted by atomic mass is 9.98. The van der Waals surface area contributed by atoms with E-state index in [1.54, 1.807) is 7.05 Å². The zero-order chi connectivity index (χ0) is 48.6. The summed E-state index contributed by atoms with van der Waals surface area (Å²) in [5.41, 5.74) is 4.73. The van der Waals surface area contributed by atoms with Gasteiger partial charge in [0.15, 0.2) is 0 Å². The van der Waals surface area contributed by atoms with E-state index in [9.17, 15) is 31.5 Å². The smallest absolute Gasteiger partial charge is 0.409 e. The quantitative estimate of drug-likeness (QED) is 0.0170. The van der Waals surface area contributed by atoms with E-state index in [2.05, 4.69) is 29.0 Å². The topological polar surface area (TPSA) is 157 Å². The van der Waals surface area contributed by atoms with Crippen LogP contribution >= 0.6 is 0 Å². The fourth-order valence-corrected chi connectivity index (χ4v) is 6.29. The van der Waals surface area contributed by atoms with Crippen LogP contribution in [-0.4, -0.2) is 183 Å². The number of nitrogens with zero attached hydrogens (tertiary/aromatic N) is 1. The molecule has 0 N–H and O–H groups in total. The highest BCUT2D eigenvalue weighted by Gasteiger charge is 2.30. The number of benzene rings is 3. The van der Waals surface area contributed by atoms with Crippen LogP contribution in [0.1, 0.15) is 23.5 Å². The molecule has 0 unspecified atom stereocenters. The molecular formula is C47H62F5NO15. The van der Waals surface area contributed by atoms with Crippen LogP contribution in [0.15, 0.2) is 48.5 Å². The number of ether oxygens (including phenoxy) is 13. The molecule has 4 rings (SSSR count). The molecule has 0 bridgehead atoms. The van der Waals surface area contributed by atoms with Crippen LogP contribution < -0.4 is 4.74 Å². The first kappa shape index (κ1) is 56.2. The Kier molecular flexibility index (Phi) is 28.1. The van der Waals surface area contributed by atoms with Crippen molar-refractivity contribution >= 4 is 12.1 Å². The van der Waals surface area contributed by atoms with E-state index in [1.807, 2.05) is 24.3 Å². The number of halogens is 5. The number of esters is 1. The van der Waals surface area contributed by atoms with E-state index >= 15 is 0 Å². The molecule has 1 amide bonds. The molecule has 0 heterocycles. The minimum atomic E-state index is -2.35. The normalized spacial score (nSPS) is 12.1. The second kappa shape index (κ2) is 34.0. The van der Waals surface area contributed by atoms with Crippen LogP contribution in [0.25, 0.3) is 11.1 Å². The highest BCUT2D eigenvalue weighted by Crippen LogP contribution is 2.44. The second-order valence-corrected chi connectivity index (χ2v) is 14.6. The van der Waals surface area contributed by atoms with E-state index in [4.69, 9.17) is 56.8 Å². The van der Waals surface area contributed by atoms with Crippen LogP contribution in [-0.2, 0) is 61.6 Å². The van der Waals surface area contributed by atoms with E-state index in [-0.39, 0.29) is 45.0 Å². The van der Waals surface area contributed by atoms with Gasteiger partial charge in [0.1, 0.15) is 6.61 Å². The van der Waals surface area contributed by atoms with E-state index in [0.717, 1.165) is 0 Å². The predicted molar refractivity (Wildman–Crippen MR) is 233 cm³/mol. The maximum Gasteiger partial charge on any atom is 0.409 e. The van der Waals surface area contributed by atoms with Crippen molar-refractivity contribution in [3.63, 3.8) is 0 Å². The summed E-state index contributed by atoms with van der Waals surface area (Å²) in [5.74, 6) is -14.2. The lowest BCUT2D eigenvalue weighted by molar-refractivity contribution is -0.136. The lowest BCUT2D eigenvalue weighted by Crippen LogP contribution is -2.32. The molecule has 0 radical (unpaired) electrons. The number of carbonyl (C=O) groups excluding carboxylic acids is 2. The average molecular weight is 976 g/mol. The van der Waals surface area contributed by atoms with Crippen molar-refractivity contribution in [2.75, 3.05) is 166 Å². The van der Waals surface area contributed by atoms with Gasteiger partial charge in [0.05, 0.1) is 152 Å². The van der Waals surface area contributed by atoms with Gasteiger partial charge in [0.25, 0.3) is 0 Å². The van der Waals surface area contributed by atoms with Gasteiger partial charge in [-0.05, 0) is 22.3 Å². The van der Waals surface area contributed by atoms with Crippen molar-refractivity contribution in [3.05, 3.63) is 88.7 Å². The molecule has 0 saturated heterocycles. The highest BCUT2D eigenvalue weighted by molar-refractivity contribution is 5.79. The lowest BCUT2D eigenvalue weighted by Gasteiger charge is -2.19. The third-order valence-electron chi connectivity index (χ3n) is 9.77. The number of fused-ring (bicyclic) bond motifs is 3. The average Bonchev–Trinajstić information content (AvgIpc) is 3.67. The fourth-order valence-electron chi connectivity index (χ4n) is 6.29. The van der Waals surface area contributed by atoms with Gasteiger partial charge in [0, 0.05) is 19.5 Å². The van der Waals surface area contributed by atoms with Gasteiger partial charge in [-0.15, -0.1) is 0 Å². The zero-order valence-corrected chi connectivity index (χ0v) is 38.3. The summed E-state index contributed by atoms with van der Waals surface area (Å²) in [5, 5.41) is 0. The molecule has 21 heteroatoms. The largest absolute Gasteiger partial charge is 0.448 e. The fraction of sp³-hybridized carbons (Fsp3) is 0.574. The van der Waals surface area contributed by atoms with Gasteiger partial charge in [-0.3, -0.25) is 4.79 Å². The summed E-state index contributed by atoms with van der Waals surface area (Å²) in [6.07, 6.45) is -0.880. The minimum Gasteiger partial charge on any atom is -0.448 e. The second-order valence-electron chi connectivity index (χ2n) is 14.6. The molecule has 0 atom stereocenters. The summed E-state index contributed by atoms with van der Waals surface area (Å²) in [7, 11) is 1.70. The Morgan fingerprint density at radius 3 is 1.12 bits per heavy atom. The first-order chi connectivity index (χ1) is 33.2. The summed E-state index contributed by atoms with van der Waals surface area (Å²) in [4.78, 5) is 25.8. The molecule has 16 nitrogen and oxygen atoms in total. The maximum atomic E-state index is 13.6. The molecule has 0 spiro atoms. The van der Waals surface area contributed by atoms with Crippen molar-refractivity contribution in [1.29, 1.82) is 0 Å². The highest BCUT2D eigenvalue weighted by atomic mass is 19.2. The standard InChI is InChI=1S/C47H62F5NO15/c1-53(47(55)67-34-39-37-8-4-2-6-35(37)36-7-3-5-9-38(36)39)11-13-57-15-17-59-19-21-61-23-25-63-27-29-65-31-33-66-32-30-64-28-26-62-24-22-60-20-18-58-16-14-56-12-10-40(54)68-46-44(51)42(49)41(48)43(50)45(46)52/h2-9,39H,10-34H2,1H3. The van der Waals surface area contributed by atoms with Crippen LogP contribution in [0.2, 0.25) is 0 Å². The van der Waals surface area contributed by atoms with Gasteiger partial charge < -0.3 is 66.5 Å². The Morgan fingerprint density at radius 1 is 0.441 bits per heavy atom. The van der Waals surface area contributed by atoms with Crippen molar-refractivity contribution in [3.8, 4) is 16.9 Å². The predicted octanol–water partition coefficient (Wildman–Crippen LogP) is 5.74. The SMILES string of the molecule is CN(CCOCCOCCOCCOCCOCCOCCOCCOCCOCCOCCOCCC(=O)Oc1c(F)c(F)c(F)c(F)c1F)C(=O)OCC1c2ccccc2-c2ccccc21. The molecule has 0 aliphatic heterocycles. The third-order valence-corrected chi connectivity index (χ3v) is 9.77. The van der Waals surface area contributed by atoms with E-state index in [1.165, 1.54) is 27.2 Å². The molecule has 3 aromatic rings. The molecule has 3 aromatic carbocycles. The monoisotopic (exact) mass is 975 g/mol. The van der Waals surface area contributed by atoms with Crippen LogP contribution in [0.3, 0.4) is 0 Å². The molecule has 68 heavy (non-hydrogen) atoms. The molecule has 1 aliphatic carbocycles. The Labute approximate surface area is 393 Å². The van der Waals surface area contributed by atoms with Gasteiger partial charge in [-0.1, -0.05) is 48.5 Å². The van der Waals surface area contributed by atoms with Gasteiger partial charge in [-0.25, -0.2) is 18.0 Å². The number of hydrogen-bond acceptors (Lipinski definition) is 15. The van der Waals surface area contributed by atoms with Crippen LogP contribution in [0, 0.1) is 29.1 Å². The Morgan fingerprint density at radius 2 is 0.750 bits per heavy atom. The summed E-state index contributed by atoms with van der Waals surface area (Å²) in [6, 6.07) is 16.5. The summed E-state index contributed by atoms with van der Waals surface area (Å²) < 4.78 is 136. The number of rotatable bonds is 39. The van der Waals surface area contributed by atoms with Gasteiger partial charge >= 0.3 is 12.1 Å². The third kappa shape index (κ3) is 20.7.